The molecule has 1 amide bonds. The number of hydrogen-bond acceptors (Lipinski definition) is 5. The zero-order chi connectivity index (χ0) is 17.2. The molecule has 5 rings (SSSR count). The van der Waals surface area contributed by atoms with Crippen LogP contribution in [0.3, 0.4) is 0 Å². The van der Waals surface area contributed by atoms with E-state index >= 15 is 0 Å². The maximum atomic E-state index is 12.4. The summed E-state index contributed by atoms with van der Waals surface area (Å²) in [7, 11) is 2.09. The van der Waals surface area contributed by atoms with Gasteiger partial charge in [-0.05, 0) is 31.7 Å². The van der Waals surface area contributed by atoms with E-state index in [2.05, 4.69) is 33.0 Å². The molecule has 7 nitrogen and oxygen atoms in total. The molecule has 3 aliphatic rings. The normalized spacial score (nSPS) is 23.0. The fraction of sp³-hybridized carbons (Fsp3) is 0.556. The van der Waals surface area contributed by atoms with Crippen molar-refractivity contribution in [2.75, 3.05) is 25.0 Å². The third-order valence-corrected chi connectivity index (χ3v) is 6.27. The van der Waals surface area contributed by atoms with Crippen molar-refractivity contribution in [3.63, 3.8) is 0 Å². The minimum Gasteiger partial charge on any atom is -0.356 e. The van der Waals surface area contributed by atoms with Crippen LogP contribution in [0.25, 0.3) is 11.0 Å². The van der Waals surface area contributed by atoms with Gasteiger partial charge in [0, 0.05) is 37.8 Å². The van der Waals surface area contributed by atoms with Crippen LogP contribution in [-0.4, -0.2) is 51.9 Å². The molecule has 1 N–H and O–H groups in total. The third-order valence-electron chi connectivity index (χ3n) is 6.27. The van der Waals surface area contributed by atoms with E-state index in [0.717, 1.165) is 55.6 Å². The molecule has 2 saturated carbocycles. The molecule has 0 bridgehead atoms. The number of carbonyl (C=O) groups is 1. The molecule has 0 radical (unpaired) electrons. The number of nitriles is 1. The Balaban J connectivity index is 1.24. The van der Waals surface area contributed by atoms with Gasteiger partial charge in [0.15, 0.2) is 0 Å². The number of fused-ring (bicyclic) bond motifs is 1. The van der Waals surface area contributed by atoms with Crippen molar-refractivity contribution in [3.05, 3.63) is 18.6 Å². The van der Waals surface area contributed by atoms with Gasteiger partial charge in [-0.25, -0.2) is 9.97 Å². The van der Waals surface area contributed by atoms with Gasteiger partial charge in [0.1, 0.15) is 23.2 Å². The number of H-pyrrole nitrogens is 1. The predicted octanol–water partition coefficient (Wildman–Crippen LogP) is 1.69. The molecule has 7 heteroatoms. The highest BCUT2D eigenvalue weighted by molar-refractivity contribution is 5.89. The summed E-state index contributed by atoms with van der Waals surface area (Å²) in [6.07, 6.45) is 7.09. The number of nitrogens with one attached hydrogen (secondary N) is 1. The molecule has 1 aliphatic heterocycles. The first-order valence-corrected chi connectivity index (χ1v) is 8.77. The van der Waals surface area contributed by atoms with Gasteiger partial charge in [-0.15, -0.1) is 0 Å². The average molecular weight is 336 g/mol. The van der Waals surface area contributed by atoms with Gasteiger partial charge in [0.05, 0.1) is 11.5 Å². The van der Waals surface area contributed by atoms with Crippen molar-refractivity contribution < 1.29 is 4.79 Å². The second-order valence-electron chi connectivity index (χ2n) is 7.97. The SMILES string of the molecule is CN(c1ncnc2[nH]ccc12)C1CC2(C1)CN(C(=O)C1(C#N)CC1)C2. The largest absolute Gasteiger partial charge is 0.356 e. The van der Waals surface area contributed by atoms with E-state index in [9.17, 15) is 10.1 Å². The molecule has 0 unspecified atom stereocenters. The molecule has 1 saturated heterocycles. The molecular weight excluding hydrogens is 316 g/mol. The Kier molecular flexibility index (Phi) is 2.77. The third kappa shape index (κ3) is 2.00. The van der Waals surface area contributed by atoms with Crippen LogP contribution in [0.15, 0.2) is 18.6 Å². The number of carbonyl (C=O) groups excluding carboxylic acids is 1. The van der Waals surface area contributed by atoms with Gasteiger partial charge in [-0.1, -0.05) is 0 Å². The lowest BCUT2D eigenvalue weighted by molar-refractivity contribution is -0.155. The summed E-state index contributed by atoms with van der Waals surface area (Å²) in [4.78, 5) is 28.4. The van der Waals surface area contributed by atoms with Crippen molar-refractivity contribution in [2.45, 2.75) is 31.7 Å². The standard InChI is InChI=1S/C18H20N6O/c1-23(15-13-2-5-20-14(13)21-11-22-15)12-6-17(7-12)9-24(10-17)16(25)18(8-19)3-4-18/h2,5,11-12H,3-4,6-7,9-10H2,1H3,(H,20,21,22). The molecule has 2 aromatic heterocycles. The van der Waals surface area contributed by atoms with Gasteiger partial charge in [0.2, 0.25) is 5.91 Å². The topological polar surface area (TPSA) is 88.9 Å². The van der Waals surface area contributed by atoms with Gasteiger partial charge in [-0.3, -0.25) is 4.79 Å². The van der Waals surface area contributed by atoms with Crippen molar-refractivity contribution >= 4 is 22.8 Å². The number of aromatic nitrogens is 3. The number of hydrogen-bond donors (Lipinski definition) is 1. The lowest BCUT2D eigenvalue weighted by Crippen LogP contribution is -2.68. The van der Waals surface area contributed by atoms with Crippen LogP contribution in [0.4, 0.5) is 5.82 Å². The summed E-state index contributed by atoms with van der Waals surface area (Å²) >= 11 is 0. The van der Waals surface area contributed by atoms with Crippen LogP contribution < -0.4 is 4.90 Å². The van der Waals surface area contributed by atoms with Crippen LogP contribution in [0.2, 0.25) is 0 Å². The van der Waals surface area contributed by atoms with Crippen molar-refractivity contribution in [2.24, 2.45) is 10.8 Å². The summed E-state index contributed by atoms with van der Waals surface area (Å²) in [6, 6.07) is 4.66. The van der Waals surface area contributed by atoms with Gasteiger partial charge in [0.25, 0.3) is 0 Å². The van der Waals surface area contributed by atoms with Crippen LogP contribution in [0, 0.1) is 22.2 Å². The summed E-state index contributed by atoms with van der Waals surface area (Å²) in [5.74, 6) is 1.02. The molecule has 0 aromatic carbocycles. The van der Waals surface area contributed by atoms with Crippen molar-refractivity contribution in [3.8, 4) is 6.07 Å². The molecule has 25 heavy (non-hydrogen) atoms. The van der Waals surface area contributed by atoms with E-state index < -0.39 is 5.41 Å². The number of anilines is 1. The van der Waals surface area contributed by atoms with E-state index in [1.807, 2.05) is 17.2 Å². The Labute approximate surface area is 145 Å². The fourth-order valence-electron chi connectivity index (χ4n) is 4.49. The summed E-state index contributed by atoms with van der Waals surface area (Å²) in [6.45, 7) is 1.62. The van der Waals surface area contributed by atoms with E-state index in [1.54, 1.807) is 6.33 Å². The lowest BCUT2D eigenvalue weighted by Gasteiger charge is -2.61. The second-order valence-corrected chi connectivity index (χ2v) is 7.97. The maximum absolute atomic E-state index is 12.4. The fourth-order valence-corrected chi connectivity index (χ4v) is 4.49. The number of rotatable bonds is 3. The summed E-state index contributed by atoms with van der Waals surface area (Å²) in [5.41, 5.74) is 0.435. The number of nitrogens with zero attached hydrogens (tertiary/aromatic N) is 5. The zero-order valence-corrected chi connectivity index (χ0v) is 14.2. The quantitative estimate of drug-likeness (QED) is 0.921. The van der Waals surface area contributed by atoms with Crippen molar-refractivity contribution in [1.82, 2.24) is 19.9 Å². The molecule has 3 fully saturated rings. The van der Waals surface area contributed by atoms with Gasteiger partial charge in [-0.2, -0.15) is 5.26 Å². The first-order chi connectivity index (χ1) is 12.1. The van der Waals surface area contributed by atoms with E-state index in [1.165, 1.54) is 0 Å². The Hall–Kier alpha value is -2.62. The molecule has 2 aliphatic carbocycles. The molecule has 128 valence electrons. The van der Waals surface area contributed by atoms with Gasteiger partial charge >= 0.3 is 0 Å². The molecule has 2 aromatic rings. The Morgan fingerprint density at radius 1 is 1.40 bits per heavy atom. The van der Waals surface area contributed by atoms with E-state index in [0.29, 0.717) is 6.04 Å². The Morgan fingerprint density at radius 3 is 2.84 bits per heavy atom. The lowest BCUT2D eigenvalue weighted by atomic mass is 9.60. The number of aromatic amines is 1. The van der Waals surface area contributed by atoms with Crippen molar-refractivity contribution in [1.29, 1.82) is 5.26 Å². The Morgan fingerprint density at radius 2 is 2.16 bits per heavy atom. The summed E-state index contributed by atoms with van der Waals surface area (Å²) in [5, 5.41) is 10.2. The first kappa shape index (κ1) is 14.7. The highest BCUT2D eigenvalue weighted by Crippen LogP contribution is 2.54. The van der Waals surface area contributed by atoms with Crippen LogP contribution in [0.1, 0.15) is 25.7 Å². The minimum absolute atomic E-state index is 0.0576. The minimum atomic E-state index is -0.678. The monoisotopic (exact) mass is 336 g/mol. The molecule has 1 spiro atoms. The molecule has 3 heterocycles. The predicted molar refractivity (Wildman–Crippen MR) is 91.6 cm³/mol. The Bertz CT molecular complexity index is 894. The molecular formula is C18H20N6O. The highest BCUT2D eigenvalue weighted by Gasteiger charge is 2.60. The van der Waals surface area contributed by atoms with Crippen LogP contribution in [0.5, 0.6) is 0 Å². The van der Waals surface area contributed by atoms with E-state index in [4.69, 9.17) is 0 Å². The van der Waals surface area contributed by atoms with Crippen LogP contribution in [-0.2, 0) is 4.79 Å². The number of amides is 1. The van der Waals surface area contributed by atoms with Gasteiger partial charge < -0.3 is 14.8 Å². The second kappa shape index (κ2) is 4.72. The number of likely N-dealkylation sites (tertiary alicyclic amines) is 1. The smallest absolute Gasteiger partial charge is 0.243 e. The maximum Gasteiger partial charge on any atom is 0.243 e. The average Bonchev–Trinajstić information content (AvgIpc) is 3.20. The first-order valence-electron chi connectivity index (χ1n) is 8.77. The zero-order valence-electron chi connectivity index (χ0n) is 14.2. The highest BCUT2D eigenvalue weighted by atomic mass is 16.2. The van der Waals surface area contributed by atoms with E-state index in [-0.39, 0.29) is 11.3 Å². The van der Waals surface area contributed by atoms with Crippen LogP contribution >= 0.6 is 0 Å². The molecule has 0 atom stereocenters. The summed E-state index contributed by atoms with van der Waals surface area (Å²) < 4.78 is 0.